The Morgan fingerprint density at radius 1 is 1.20 bits per heavy atom. The Kier molecular flexibility index (Phi) is 2.50. The molecule has 1 rings (SSSR count). The summed E-state index contributed by atoms with van der Waals surface area (Å²) in [5.74, 6) is 0. The zero-order valence-corrected chi connectivity index (χ0v) is 6.64. The summed E-state index contributed by atoms with van der Waals surface area (Å²) in [6.07, 6.45) is 9.57. The minimum atomic E-state index is -0.398. The lowest BCUT2D eigenvalue weighted by Gasteiger charge is -2.23. The highest BCUT2D eigenvalue weighted by Crippen LogP contribution is 2.22. The van der Waals surface area contributed by atoms with Crippen molar-refractivity contribution in [2.45, 2.75) is 44.6 Å². The normalized spacial score (nSPS) is 38.2. The molecule has 0 aromatic rings. The molecule has 0 bridgehead atoms. The molecule has 0 fully saturated rings. The number of hydrogen-bond acceptors (Lipinski definition) is 1. The van der Waals surface area contributed by atoms with E-state index in [-0.39, 0.29) is 0 Å². The van der Waals surface area contributed by atoms with Crippen LogP contribution in [0.4, 0.5) is 0 Å². The van der Waals surface area contributed by atoms with Gasteiger partial charge in [0.25, 0.3) is 0 Å². The third-order valence-electron chi connectivity index (χ3n) is 2.10. The summed E-state index contributed by atoms with van der Waals surface area (Å²) in [6, 6.07) is 0. The molecule has 1 atom stereocenters. The lowest BCUT2D eigenvalue weighted by Crippen LogP contribution is -2.23. The number of rotatable bonds is 0. The van der Waals surface area contributed by atoms with Crippen LogP contribution in [0.3, 0.4) is 0 Å². The predicted octanol–water partition coefficient (Wildman–Crippen LogP) is 2.26. The maximum Gasteiger partial charge on any atom is 0.0622 e. The summed E-state index contributed by atoms with van der Waals surface area (Å²) in [5.41, 5.74) is -0.398. The van der Waals surface area contributed by atoms with E-state index in [1.54, 1.807) is 0 Å². The van der Waals surface area contributed by atoms with Crippen molar-refractivity contribution >= 4 is 0 Å². The number of aliphatic hydroxyl groups is 1. The van der Waals surface area contributed by atoms with Crippen LogP contribution >= 0.6 is 0 Å². The largest absolute Gasteiger partial charge is 0.390 e. The van der Waals surface area contributed by atoms with E-state index in [1.165, 1.54) is 0 Å². The van der Waals surface area contributed by atoms with Crippen molar-refractivity contribution in [2.24, 2.45) is 0 Å². The van der Waals surface area contributed by atoms with E-state index in [1.807, 2.05) is 6.92 Å². The van der Waals surface area contributed by atoms with Gasteiger partial charge < -0.3 is 5.11 Å². The molecule has 0 spiro atoms. The SMILES string of the molecule is CC1(O)CC/C=C/CCC1. The Bertz CT molecular complexity index is 125. The first kappa shape index (κ1) is 7.80. The Balaban J connectivity index is 2.43. The predicted molar refractivity (Wildman–Crippen MR) is 42.8 cm³/mol. The third-order valence-corrected chi connectivity index (χ3v) is 2.10. The van der Waals surface area contributed by atoms with Crippen molar-refractivity contribution in [3.8, 4) is 0 Å². The topological polar surface area (TPSA) is 20.2 Å². The van der Waals surface area contributed by atoms with Gasteiger partial charge in [0.1, 0.15) is 0 Å². The van der Waals surface area contributed by atoms with Crippen LogP contribution in [0.1, 0.15) is 39.0 Å². The fourth-order valence-electron chi connectivity index (χ4n) is 1.36. The zero-order valence-electron chi connectivity index (χ0n) is 6.64. The summed E-state index contributed by atoms with van der Waals surface area (Å²) in [7, 11) is 0. The fraction of sp³-hybridized carbons (Fsp3) is 0.778. The van der Waals surface area contributed by atoms with Crippen molar-refractivity contribution in [1.82, 2.24) is 0 Å². The van der Waals surface area contributed by atoms with Crippen LogP contribution in [0.5, 0.6) is 0 Å². The van der Waals surface area contributed by atoms with Crippen LogP contribution in [0, 0.1) is 0 Å². The molecule has 1 N–H and O–H groups in total. The molecule has 1 unspecified atom stereocenters. The number of hydrogen-bond donors (Lipinski definition) is 1. The Labute approximate surface area is 62.8 Å². The summed E-state index contributed by atoms with van der Waals surface area (Å²) >= 11 is 0. The van der Waals surface area contributed by atoms with Crippen LogP contribution < -0.4 is 0 Å². The van der Waals surface area contributed by atoms with Gasteiger partial charge in [-0.2, -0.15) is 0 Å². The van der Waals surface area contributed by atoms with Crippen LogP contribution in [-0.2, 0) is 0 Å². The highest BCUT2D eigenvalue weighted by molar-refractivity contribution is 4.88. The molecule has 0 aliphatic heterocycles. The number of allylic oxidation sites excluding steroid dienone is 2. The van der Waals surface area contributed by atoms with Gasteiger partial charge in [-0.25, -0.2) is 0 Å². The third kappa shape index (κ3) is 2.53. The quantitative estimate of drug-likeness (QED) is 0.512. The monoisotopic (exact) mass is 140 g/mol. The summed E-state index contributed by atoms with van der Waals surface area (Å²) < 4.78 is 0. The summed E-state index contributed by atoms with van der Waals surface area (Å²) in [4.78, 5) is 0. The Morgan fingerprint density at radius 3 is 2.70 bits per heavy atom. The average molecular weight is 140 g/mol. The van der Waals surface area contributed by atoms with E-state index in [0.29, 0.717) is 0 Å². The summed E-state index contributed by atoms with van der Waals surface area (Å²) in [6.45, 7) is 1.94. The van der Waals surface area contributed by atoms with Gasteiger partial charge >= 0.3 is 0 Å². The van der Waals surface area contributed by atoms with Crippen molar-refractivity contribution in [2.75, 3.05) is 0 Å². The van der Waals surface area contributed by atoms with E-state index < -0.39 is 5.60 Å². The summed E-state index contributed by atoms with van der Waals surface area (Å²) in [5, 5.41) is 9.65. The van der Waals surface area contributed by atoms with E-state index in [4.69, 9.17) is 0 Å². The van der Waals surface area contributed by atoms with Gasteiger partial charge in [0.05, 0.1) is 5.60 Å². The molecule has 1 nitrogen and oxygen atoms in total. The molecule has 1 aliphatic rings. The molecule has 10 heavy (non-hydrogen) atoms. The standard InChI is InChI=1S/C9H16O/c1-9(10)7-5-3-2-4-6-8-9/h2-3,10H,4-8H2,1H3/b3-2+. The second-order valence-electron chi connectivity index (χ2n) is 3.40. The maximum atomic E-state index is 9.65. The Morgan fingerprint density at radius 2 is 1.90 bits per heavy atom. The lowest BCUT2D eigenvalue weighted by atomic mass is 9.91. The molecule has 1 aliphatic carbocycles. The Hall–Kier alpha value is -0.300. The minimum Gasteiger partial charge on any atom is -0.390 e. The second kappa shape index (κ2) is 3.20. The zero-order chi connectivity index (χ0) is 7.45. The molecule has 1 heteroatoms. The van der Waals surface area contributed by atoms with Gasteiger partial charge in [0.15, 0.2) is 0 Å². The molecule has 0 amide bonds. The van der Waals surface area contributed by atoms with Crippen LogP contribution in [0.15, 0.2) is 12.2 Å². The van der Waals surface area contributed by atoms with Crippen molar-refractivity contribution < 1.29 is 5.11 Å². The van der Waals surface area contributed by atoms with Gasteiger partial charge in [-0.05, 0) is 39.0 Å². The van der Waals surface area contributed by atoms with Crippen LogP contribution in [-0.4, -0.2) is 10.7 Å². The molecule has 0 heterocycles. The highest BCUT2D eigenvalue weighted by Gasteiger charge is 2.18. The lowest BCUT2D eigenvalue weighted by molar-refractivity contribution is 0.0402. The molecular formula is C9H16O. The van der Waals surface area contributed by atoms with E-state index in [0.717, 1.165) is 32.1 Å². The fourth-order valence-corrected chi connectivity index (χ4v) is 1.36. The second-order valence-corrected chi connectivity index (χ2v) is 3.40. The highest BCUT2D eigenvalue weighted by atomic mass is 16.3. The molecule has 0 radical (unpaired) electrons. The smallest absolute Gasteiger partial charge is 0.0622 e. The van der Waals surface area contributed by atoms with Crippen molar-refractivity contribution in [3.63, 3.8) is 0 Å². The first-order valence-corrected chi connectivity index (χ1v) is 4.08. The van der Waals surface area contributed by atoms with E-state index >= 15 is 0 Å². The molecule has 0 aromatic heterocycles. The maximum absolute atomic E-state index is 9.65. The molecule has 0 saturated heterocycles. The van der Waals surface area contributed by atoms with Gasteiger partial charge in [0, 0.05) is 0 Å². The molecular weight excluding hydrogens is 124 g/mol. The van der Waals surface area contributed by atoms with E-state index in [2.05, 4.69) is 12.2 Å². The first-order chi connectivity index (χ1) is 4.71. The van der Waals surface area contributed by atoms with Crippen LogP contribution in [0.25, 0.3) is 0 Å². The molecule has 0 aromatic carbocycles. The van der Waals surface area contributed by atoms with Crippen molar-refractivity contribution in [1.29, 1.82) is 0 Å². The molecule has 58 valence electrons. The minimum absolute atomic E-state index is 0.398. The van der Waals surface area contributed by atoms with Gasteiger partial charge in [0.2, 0.25) is 0 Å². The van der Waals surface area contributed by atoms with E-state index in [9.17, 15) is 5.11 Å². The van der Waals surface area contributed by atoms with Crippen LogP contribution in [0.2, 0.25) is 0 Å². The van der Waals surface area contributed by atoms with Gasteiger partial charge in [-0.15, -0.1) is 0 Å². The first-order valence-electron chi connectivity index (χ1n) is 4.08. The average Bonchev–Trinajstić information content (AvgIpc) is 1.81. The van der Waals surface area contributed by atoms with Gasteiger partial charge in [-0.1, -0.05) is 12.2 Å². The van der Waals surface area contributed by atoms with Gasteiger partial charge in [-0.3, -0.25) is 0 Å². The molecule has 0 saturated carbocycles. The van der Waals surface area contributed by atoms with Crippen molar-refractivity contribution in [3.05, 3.63) is 12.2 Å².